The lowest BCUT2D eigenvalue weighted by atomic mass is 10.0. The van der Waals surface area contributed by atoms with Gasteiger partial charge in [-0.2, -0.15) is 5.11 Å². The highest BCUT2D eigenvalue weighted by Gasteiger charge is 2.28. The van der Waals surface area contributed by atoms with Crippen LogP contribution in [0.2, 0.25) is 0 Å². The molecule has 21 heavy (non-hydrogen) atoms. The topological polar surface area (TPSA) is 121 Å². The van der Waals surface area contributed by atoms with E-state index in [9.17, 15) is 14.4 Å². The number of hydrogen-bond acceptors (Lipinski definition) is 6. The maximum absolute atomic E-state index is 12.2. The summed E-state index contributed by atoms with van der Waals surface area (Å²) >= 11 is 0. The third-order valence-corrected chi connectivity index (χ3v) is 3.11. The molecule has 3 amide bonds. The van der Waals surface area contributed by atoms with Crippen molar-refractivity contribution in [1.82, 2.24) is 10.6 Å². The van der Waals surface area contributed by atoms with Gasteiger partial charge in [0.15, 0.2) is 0 Å². The maximum Gasteiger partial charge on any atom is 0.254 e. The molecule has 2 rings (SSSR count). The number of ether oxygens (including phenoxy) is 1. The van der Waals surface area contributed by atoms with Gasteiger partial charge in [0.1, 0.15) is 17.5 Å². The van der Waals surface area contributed by atoms with Gasteiger partial charge in [-0.3, -0.25) is 19.7 Å². The van der Waals surface area contributed by atoms with Crippen molar-refractivity contribution in [2.24, 2.45) is 5.11 Å². The highest BCUT2D eigenvalue weighted by Crippen LogP contribution is 2.25. The summed E-state index contributed by atoms with van der Waals surface area (Å²) in [5, 5.41) is 7.97. The second-order valence-corrected chi connectivity index (χ2v) is 4.47. The SMILES string of the molecule is COc1ccc(C(=O)NC2CCC(=O)NC2=O)c(N=N)c1. The number of methoxy groups -OCH3 is 1. The predicted molar refractivity (Wildman–Crippen MR) is 71.4 cm³/mol. The van der Waals surface area contributed by atoms with Crippen molar-refractivity contribution in [3.8, 4) is 5.75 Å². The zero-order valence-corrected chi connectivity index (χ0v) is 11.3. The molecule has 0 radical (unpaired) electrons. The summed E-state index contributed by atoms with van der Waals surface area (Å²) in [7, 11) is 1.46. The van der Waals surface area contributed by atoms with E-state index in [2.05, 4.69) is 15.7 Å². The van der Waals surface area contributed by atoms with Crippen molar-refractivity contribution in [2.45, 2.75) is 18.9 Å². The fraction of sp³-hybridized carbons (Fsp3) is 0.308. The molecule has 1 aliphatic heterocycles. The number of imide groups is 1. The van der Waals surface area contributed by atoms with Crippen LogP contribution in [0.15, 0.2) is 23.3 Å². The van der Waals surface area contributed by atoms with Crippen LogP contribution in [-0.2, 0) is 9.59 Å². The summed E-state index contributed by atoms with van der Waals surface area (Å²) in [5.41, 5.74) is 7.40. The lowest BCUT2D eigenvalue weighted by Crippen LogP contribution is -2.52. The van der Waals surface area contributed by atoms with E-state index in [1.807, 2.05) is 0 Å². The summed E-state index contributed by atoms with van der Waals surface area (Å²) in [6.45, 7) is 0. The van der Waals surface area contributed by atoms with Crippen LogP contribution in [0.5, 0.6) is 5.75 Å². The Bertz CT molecular complexity index is 614. The van der Waals surface area contributed by atoms with Gasteiger partial charge in [-0.05, 0) is 18.6 Å². The molecule has 0 aliphatic carbocycles. The van der Waals surface area contributed by atoms with E-state index in [0.717, 1.165) is 0 Å². The Morgan fingerprint density at radius 1 is 1.48 bits per heavy atom. The van der Waals surface area contributed by atoms with Gasteiger partial charge in [-0.15, -0.1) is 0 Å². The zero-order chi connectivity index (χ0) is 15.4. The molecule has 1 fully saturated rings. The molecule has 110 valence electrons. The van der Waals surface area contributed by atoms with Crippen LogP contribution in [-0.4, -0.2) is 30.9 Å². The van der Waals surface area contributed by atoms with Gasteiger partial charge < -0.3 is 10.1 Å². The molecule has 1 aliphatic rings. The van der Waals surface area contributed by atoms with Crippen LogP contribution in [0.1, 0.15) is 23.2 Å². The highest BCUT2D eigenvalue weighted by molar-refractivity contribution is 6.05. The Labute approximate surface area is 120 Å². The highest BCUT2D eigenvalue weighted by atomic mass is 16.5. The molecule has 0 aromatic heterocycles. The van der Waals surface area contributed by atoms with Gasteiger partial charge in [0.05, 0.1) is 12.7 Å². The van der Waals surface area contributed by atoms with Crippen LogP contribution in [0.25, 0.3) is 0 Å². The Balaban J connectivity index is 2.15. The molecule has 3 N–H and O–H groups in total. The molecule has 8 heteroatoms. The maximum atomic E-state index is 12.2. The van der Waals surface area contributed by atoms with E-state index in [-0.39, 0.29) is 30.0 Å². The van der Waals surface area contributed by atoms with E-state index in [1.165, 1.54) is 19.2 Å². The van der Waals surface area contributed by atoms with Crippen LogP contribution >= 0.6 is 0 Å². The summed E-state index contributed by atoms with van der Waals surface area (Å²) < 4.78 is 4.99. The second kappa shape index (κ2) is 6.12. The first-order valence-electron chi connectivity index (χ1n) is 6.25. The predicted octanol–water partition coefficient (Wildman–Crippen LogP) is 0.893. The second-order valence-electron chi connectivity index (χ2n) is 4.47. The first kappa shape index (κ1) is 14.6. The van der Waals surface area contributed by atoms with E-state index in [4.69, 9.17) is 10.3 Å². The van der Waals surface area contributed by atoms with Crippen molar-refractivity contribution in [3.63, 3.8) is 0 Å². The van der Waals surface area contributed by atoms with Gasteiger partial charge in [0, 0.05) is 12.5 Å². The molecule has 1 atom stereocenters. The molecule has 1 heterocycles. The van der Waals surface area contributed by atoms with Gasteiger partial charge in [-0.25, -0.2) is 5.53 Å². The van der Waals surface area contributed by atoms with Crippen LogP contribution in [0, 0.1) is 5.53 Å². The molecule has 0 bridgehead atoms. The number of amides is 3. The van der Waals surface area contributed by atoms with E-state index < -0.39 is 17.9 Å². The summed E-state index contributed by atoms with van der Waals surface area (Å²) in [6.07, 6.45) is 0.425. The van der Waals surface area contributed by atoms with Crippen molar-refractivity contribution in [2.75, 3.05) is 7.11 Å². The largest absolute Gasteiger partial charge is 0.497 e. The third-order valence-electron chi connectivity index (χ3n) is 3.11. The number of benzene rings is 1. The summed E-state index contributed by atoms with van der Waals surface area (Å²) in [4.78, 5) is 34.8. The molecule has 1 saturated heterocycles. The minimum absolute atomic E-state index is 0.138. The molecular weight excluding hydrogens is 276 g/mol. The average Bonchev–Trinajstić information content (AvgIpc) is 2.49. The molecule has 8 nitrogen and oxygen atoms in total. The standard InChI is InChI=1S/C13H14N4O4/c1-21-7-2-3-8(10(6-7)17-14)12(19)15-9-4-5-11(18)16-13(9)20/h2-3,6,9,14H,4-5H2,1H3,(H,15,19)(H,16,18,20). The average molecular weight is 290 g/mol. The Hall–Kier alpha value is -2.77. The monoisotopic (exact) mass is 290 g/mol. The molecular formula is C13H14N4O4. The molecule has 1 aromatic rings. The molecule has 1 unspecified atom stereocenters. The van der Waals surface area contributed by atoms with Gasteiger partial charge in [0.25, 0.3) is 5.91 Å². The fourth-order valence-corrected chi connectivity index (χ4v) is 1.99. The number of carbonyl (C=O) groups is 3. The smallest absolute Gasteiger partial charge is 0.254 e. The Morgan fingerprint density at radius 3 is 2.86 bits per heavy atom. The molecule has 0 saturated carbocycles. The quantitative estimate of drug-likeness (QED) is 0.563. The minimum Gasteiger partial charge on any atom is -0.497 e. The van der Waals surface area contributed by atoms with E-state index in [1.54, 1.807) is 6.07 Å². The van der Waals surface area contributed by atoms with Crippen molar-refractivity contribution >= 4 is 23.4 Å². The number of piperidine rings is 1. The molecule has 1 aromatic carbocycles. The van der Waals surface area contributed by atoms with E-state index >= 15 is 0 Å². The third kappa shape index (κ3) is 3.22. The van der Waals surface area contributed by atoms with E-state index in [0.29, 0.717) is 5.75 Å². The van der Waals surface area contributed by atoms with Crippen LogP contribution in [0.3, 0.4) is 0 Å². The normalized spacial score (nSPS) is 17.9. The van der Waals surface area contributed by atoms with Gasteiger partial charge in [-0.1, -0.05) is 0 Å². The number of nitrogens with one attached hydrogen (secondary N) is 3. The van der Waals surface area contributed by atoms with Crippen LogP contribution < -0.4 is 15.4 Å². The number of hydrogen-bond donors (Lipinski definition) is 3. The summed E-state index contributed by atoms with van der Waals surface area (Å²) in [6, 6.07) is 3.71. The Kier molecular flexibility index (Phi) is 4.27. The lowest BCUT2D eigenvalue weighted by molar-refractivity contribution is -0.134. The van der Waals surface area contributed by atoms with Crippen molar-refractivity contribution in [1.29, 1.82) is 5.53 Å². The number of nitrogens with zero attached hydrogens (tertiary/aromatic N) is 1. The summed E-state index contributed by atoms with van der Waals surface area (Å²) in [5.74, 6) is -0.939. The Morgan fingerprint density at radius 2 is 2.24 bits per heavy atom. The van der Waals surface area contributed by atoms with Crippen molar-refractivity contribution < 1.29 is 19.1 Å². The van der Waals surface area contributed by atoms with Gasteiger partial charge in [0.2, 0.25) is 11.8 Å². The first-order valence-corrected chi connectivity index (χ1v) is 6.25. The fourth-order valence-electron chi connectivity index (χ4n) is 1.99. The zero-order valence-electron chi connectivity index (χ0n) is 11.3. The van der Waals surface area contributed by atoms with Crippen LogP contribution in [0.4, 0.5) is 5.69 Å². The first-order chi connectivity index (χ1) is 10.0. The number of carbonyl (C=O) groups excluding carboxylic acids is 3. The van der Waals surface area contributed by atoms with Crippen molar-refractivity contribution in [3.05, 3.63) is 23.8 Å². The van der Waals surface area contributed by atoms with Gasteiger partial charge >= 0.3 is 0 Å². The lowest BCUT2D eigenvalue weighted by Gasteiger charge is -2.22. The number of rotatable bonds is 4. The minimum atomic E-state index is -0.768. The molecule has 0 spiro atoms.